The molecule has 1 saturated heterocycles. The summed E-state index contributed by atoms with van der Waals surface area (Å²) in [5.41, 5.74) is 0.0697. The first kappa shape index (κ1) is 15.0. The van der Waals surface area contributed by atoms with E-state index < -0.39 is 0 Å². The summed E-state index contributed by atoms with van der Waals surface area (Å²) < 4.78 is 6.14. The van der Waals surface area contributed by atoms with E-state index in [1.807, 2.05) is 11.3 Å². The van der Waals surface area contributed by atoms with Gasteiger partial charge in [-0.2, -0.15) is 0 Å². The summed E-state index contributed by atoms with van der Waals surface area (Å²) in [4.78, 5) is 1.44. The third-order valence-corrected chi connectivity index (χ3v) is 5.29. The van der Waals surface area contributed by atoms with E-state index in [9.17, 15) is 0 Å². The fraction of sp³-hybridized carbons (Fsp3) is 0.750. The van der Waals surface area contributed by atoms with Crippen molar-refractivity contribution in [1.82, 2.24) is 5.32 Å². The SMILES string of the molecule is CC1(C)CC(NCC(C)(C)c2cccs2)C(C)(C)O1. The zero-order chi connectivity index (χ0) is 14.3. The van der Waals surface area contributed by atoms with Crippen molar-refractivity contribution in [3.05, 3.63) is 22.4 Å². The van der Waals surface area contributed by atoms with Gasteiger partial charge in [-0.3, -0.25) is 0 Å². The van der Waals surface area contributed by atoms with Gasteiger partial charge in [0.2, 0.25) is 0 Å². The van der Waals surface area contributed by atoms with Crippen LogP contribution < -0.4 is 5.32 Å². The van der Waals surface area contributed by atoms with Crippen molar-refractivity contribution in [2.45, 2.75) is 70.6 Å². The lowest BCUT2D eigenvalue weighted by atomic mass is 9.89. The highest BCUT2D eigenvalue weighted by molar-refractivity contribution is 7.10. The number of hydrogen-bond acceptors (Lipinski definition) is 3. The van der Waals surface area contributed by atoms with Crippen LogP contribution in [0.2, 0.25) is 0 Å². The summed E-state index contributed by atoms with van der Waals surface area (Å²) in [6, 6.07) is 4.78. The average Bonchev–Trinajstić information content (AvgIpc) is 2.81. The molecule has 1 aliphatic heterocycles. The van der Waals surface area contributed by atoms with Gasteiger partial charge in [0.25, 0.3) is 0 Å². The number of rotatable bonds is 4. The maximum Gasteiger partial charge on any atom is 0.0787 e. The zero-order valence-corrected chi connectivity index (χ0v) is 13.9. The Labute approximate surface area is 121 Å². The molecule has 0 spiro atoms. The number of thiophene rings is 1. The Morgan fingerprint density at radius 3 is 2.53 bits per heavy atom. The van der Waals surface area contributed by atoms with Crippen LogP contribution >= 0.6 is 11.3 Å². The predicted octanol–water partition coefficient (Wildman–Crippen LogP) is 3.96. The minimum absolute atomic E-state index is 0.0196. The molecular weight excluding hydrogens is 254 g/mol. The molecule has 0 aliphatic carbocycles. The summed E-state index contributed by atoms with van der Waals surface area (Å²) in [5, 5.41) is 5.89. The van der Waals surface area contributed by atoms with Crippen molar-refractivity contribution in [3.8, 4) is 0 Å². The van der Waals surface area contributed by atoms with Crippen LogP contribution in [-0.2, 0) is 10.2 Å². The molecule has 2 heterocycles. The highest BCUT2D eigenvalue weighted by atomic mass is 32.1. The lowest BCUT2D eigenvalue weighted by Gasteiger charge is -2.31. The van der Waals surface area contributed by atoms with E-state index in [0.717, 1.165) is 13.0 Å². The molecule has 108 valence electrons. The number of nitrogens with one attached hydrogen (secondary N) is 1. The van der Waals surface area contributed by atoms with Crippen molar-refractivity contribution < 1.29 is 4.74 Å². The van der Waals surface area contributed by atoms with Crippen molar-refractivity contribution >= 4 is 11.3 Å². The molecule has 1 unspecified atom stereocenters. The smallest absolute Gasteiger partial charge is 0.0787 e. The van der Waals surface area contributed by atoms with Crippen LogP contribution in [0, 0.1) is 0 Å². The Morgan fingerprint density at radius 2 is 2.05 bits per heavy atom. The van der Waals surface area contributed by atoms with Gasteiger partial charge in [0.1, 0.15) is 0 Å². The normalized spacial score (nSPS) is 25.7. The Kier molecular flexibility index (Phi) is 3.85. The molecule has 0 amide bonds. The molecule has 0 bridgehead atoms. The van der Waals surface area contributed by atoms with Crippen LogP contribution in [0.1, 0.15) is 52.8 Å². The molecule has 3 heteroatoms. The first-order chi connectivity index (χ1) is 8.62. The summed E-state index contributed by atoms with van der Waals surface area (Å²) in [6.45, 7) is 14.3. The molecule has 1 atom stereocenters. The topological polar surface area (TPSA) is 21.3 Å². The predicted molar refractivity (Wildman–Crippen MR) is 83.0 cm³/mol. The first-order valence-electron chi connectivity index (χ1n) is 7.10. The van der Waals surface area contributed by atoms with E-state index in [1.54, 1.807) is 0 Å². The van der Waals surface area contributed by atoms with E-state index >= 15 is 0 Å². The van der Waals surface area contributed by atoms with Gasteiger partial charge in [0.15, 0.2) is 0 Å². The summed E-state index contributed by atoms with van der Waals surface area (Å²) in [5.74, 6) is 0. The molecule has 2 nitrogen and oxygen atoms in total. The largest absolute Gasteiger partial charge is 0.368 e. The summed E-state index contributed by atoms with van der Waals surface area (Å²) >= 11 is 1.84. The lowest BCUT2D eigenvalue weighted by molar-refractivity contribution is -0.0699. The quantitative estimate of drug-likeness (QED) is 0.902. The van der Waals surface area contributed by atoms with Gasteiger partial charge < -0.3 is 10.1 Å². The second-order valence-electron chi connectivity index (χ2n) is 7.46. The molecule has 0 radical (unpaired) electrons. The van der Waals surface area contributed by atoms with Gasteiger partial charge in [-0.05, 0) is 45.6 Å². The molecule has 1 aromatic rings. The molecule has 1 aliphatic rings. The van der Waals surface area contributed by atoms with Crippen molar-refractivity contribution in [2.75, 3.05) is 6.54 Å². The van der Waals surface area contributed by atoms with E-state index in [1.165, 1.54) is 4.88 Å². The monoisotopic (exact) mass is 281 g/mol. The Hall–Kier alpha value is -0.380. The second-order valence-corrected chi connectivity index (χ2v) is 8.41. The van der Waals surface area contributed by atoms with Crippen LogP contribution in [0.15, 0.2) is 17.5 Å². The Bertz CT molecular complexity index is 420. The van der Waals surface area contributed by atoms with E-state index in [0.29, 0.717) is 6.04 Å². The molecule has 1 fully saturated rings. The number of hydrogen-bond donors (Lipinski definition) is 1. The van der Waals surface area contributed by atoms with Crippen molar-refractivity contribution in [1.29, 1.82) is 0 Å². The lowest BCUT2D eigenvalue weighted by Crippen LogP contribution is -2.47. The molecule has 0 aromatic carbocycles. The van der Waals surface area contributed by atoms with Crippen molar-refractivity contribution in [3.63, 3.8) is 0 Å². The van der Waals surface area contributed by atoms with Gasteiger partial charge in [-0.1, -0.05) is 19.9 Å². The average molecular weight is 281 g/mol. The second kappa shape index (κ2) is 4.87. The molecule has 2 rings (SSSR count). The zero-order valence-electron chi connectivity index (χ0n) is 13.0. The molecule has 0 saturated carbocycles. The standard InChI is InChI=1S/C16H27NOS/c1-14(2,13-8-7-9-19-13)11-17-12-10-15(3,4)18-16(12,5)6/h7-9,12,17H,10-11H2,1-6H3. The minimum Gasteiger partial charge on any atom is -0.368 e. The first-order valence-corrected chi connectivity index (χ1v) is 7.98. The van der Waals surface area contributed by atoms with E-state index in [2.05, 4.69) is 64.4 Å². The Balaban J connectivity index is 1.99. The van der Waals surface area contributed by atoms with Gasteiger partial charge in [-0.15, -0.1) is 11.3 Å². The summed E-state index contributed by atoms with van der Waals surface area (Å²) in [6.07, 6.45) is 1.07. The highest BCUT2D eigenvalue weighted by Crippen LogP contribution is 2.37. The van der Waals surface area contributed by atoms with E-state index in [-0.39, 0.29) is 16.6 Å². The molecular formula is C16H27NOS. The molecule has 19 heavy (non-hydrogen) atoms. The van der Waals surface area contributed by atoms with Crippen molar-refractivity contribution in [2.24, 2.45) is 0 Å². The summed E-state index contributed by atoms with van der Waals surface area (Å²) in [7, 11) is 0. The van der Waals surface area contributed by atoms with Crippen LogP contribution in [0.25, 0.3) is 0 Å². The van der Waals surface area contributed by atoms with Crippen LogP contribution in [0.3, 0.4) is 0 Å². The van der Waals surface area contributed by atoms with Crippen LogP contribution in [-0.4, -0.2) is 23.8 Å². The van der Waals surface area contributed by atoms with Gasteiger partial charge in [0, 0.05) is 22.9 Å². The van der Waals surface area contributed by atoms with Crippen LogP contribution in [0.5, 0.6) is 0 Å². The van der Waals surface area contributed by atoms with E-state index in [4.69, 9.17) is 4.74 Å². The third-order valence-electron chi connectivity index (χ3n) is 4.05. The van der Waals surface area contributed by atoms with Crippen LogP contribution in [0.4, 0.5) is 0 Å². The molecule has 1 N–H and O–H groups in total. The fourth-order valence-corrected chi connectivity index (χ4v) is 3.86. The third kappa shape index (κ3) is 3.39. The minimum atomic E-state index is -0.0883. The maximum absolute atomic E-state index is 6.14. The van der Waals surface area contributed by atoms with Gasteiger partial charge >= 0.3 is 0 Å². The van der Waals surface area contributed by atoms with Gasteiger partial charge in [-0.25, -0.2) is 0 Å². The van der Waals surface area contributed by atoms with Gasteiger partial charge in [0.05, 0.1) is 11.2 Å². The fourth-order valence-electron chi connectivity index (χ4n) is 3.01. The molecule has 1 aromatic heterocycles. The highest BCUT2D eigenvalue weighted by Gasteiger charge is 2.45. The maximum atomic E-state index is 6.14. The number of ether oxygens (including phenoxy) is 1. The Morgan fingerprint density at radius 1 is 1.37 bits per heavy atom.